The molecule has 1 aliphatic rings. The standard InChI is InChI=1S/C19H26N4O2/c1-14(16-9-5-3-6-10-16)21-17(24)13-20-19(11-7-4-8-12-19)18-22-15(2)25-23-18/h3,5-6,9-10,14,20H,4,7-8,11-13H2,1-2H3,(H,21,24)/t14-/m0/s1. The van der Waals surface area contributed by atoms with Gasteiger partial charge < -0.3 is 9.84 Å². The van der Waals surface area contributed by atoms with Crippen molar-refractivity contribution in [2.24, 2.45) is 0 Å². The Morgan fingerprint density at radius 3 is 2.60 bits per heavy atom. The molecule has 2 N–H and O–H groups in total. The lowest BCUT2D eigenvalue weighted by Crippen LogP contribution is -2.49. The van der Waals surface area contributed by atoms with Crippen molar-refractivity contribution >= 4 is 5.91 Å². The molecule has 1 saturated carbocycles. The van der Waals surface area contributed by atoms with Crippen LogP contribution in [0.4, 0.5) is 0 Å². The smallest absolute Gasteiger partial charge is 0.234 e. The predicted octanol–water partition coefficient (Wildman–Crippen LogP) is 3.00. The summed E-state index contributed by atoms with van der Waals surface area (Å²) in [5.41, 5.74) is 0.737. The molecule has 1 aromatic carbocycles. The Kier molecular flexibility index (Phi) is 5.48. The van der Waals surface area contributed by atoms with Crippen molar-refractivity contribution in [1.82, 2.24) is 20.8 Å². The number of aryl methyl sites for hydroxylation is 1. The van der Waals surface area contributed by atoms with E-state index in [4.69, 9.17) is 4.52 Å². The molecule has 0 radical (unpaired) electrons. The number of benzene rings is 1. The van der Waals surface area contributed by atoms with Gasteiger partial charge in [0.2, 0.25) is 11.8 Å². The number of nitrogens with zero attached hydrogens (tertiary/aromatic N) is 2. The number of nitrogens with one attached hydrogen (secondary N) is 2. The summed E-state index contributed by atoms with van der Waals surface area (Å²) < 4.78 is 5.17. The molecule has 2 aromatic rings. The Balaban J connectivity index is 1.62. The van der Waals surface area contributed by atoms with Gasteiger partial charge >= 0.3 is 0 Å². The van der Waals surface area contributed by atoms with E-state index in [0.29, 0.717) is 11.7 Å². The Labute approximate surface area is 148 Å². The van der Waals surface area contributed by atoms with E-state index in [1.807, 2.05) is 37.3 Å². The van der Waals surface area contributed by atoms with E-state index >= 15 is 0 Å². The summed E-state index contributed by atoms with van der Waals surface area (Å²) in [6, 6.07) is 9.94. The first-order valence-corrected chi connectivity index (χ1v) is 8.99. The second-order valence-electron chi connectivity index (χ2n) is 6.83. The van der Waals surface area contributed by atoms with Gasteiger partial charge in [0.1, 0.15) is 0 Å². The highest BCUT2D eigenvalue weighted by atomic mass is 16.5. The van der Waals surface area contributed by atoms with Gasteiger partial charge in [-0.3, -0.25) is 10.1 Å². The van der Waals surface area contributed by atoms with Gasteiger partial charge in [0, 0.05) is 6.92 Å². The summed E-state index contributed by atoms with van der Waals surface area (Å²) in [7, 11) is 0. The minimum Gasteiger partial charge on any atom is -0.348 e. The van der Waals surface area contributed by atoms with E-state index in [-0.39, 0.29) is 24.0 Å². The quantitative estimate of drug-likeness (QED) is 0.843. The van der Waals surface area contributed by atoms with Gasteiger partial charge in [-0.15, -0.1) is 0 Å². The molecule has 1 heterocycles. The summed E-state index contributed by atoms with van der Waals surface area (Å²) >= 11 is 0. The molecule has 25 heavy (non-hydrogen) atoms. The first kappa shape index (κ1) is 17.6. The van der Waals surface area contributed by atoms with Crippen LogP contribution in [0.5, 0.6) is 0 Å². The third kappa shape index (κ3) is 4.25. The van der Waals surface area contributed by atoms with Gasteiger partial charge in [-0.05, 0) is 25.3 Å². The molecular weight excluding hydrogens is 316 g/mol. The Morgan fingerprint density at radius 1 is 1.24 bits per heavy atom. The third-order valence-corrected chi connectivity index (χ3v) is 4.93. The highest BCUT2D eigenvalue weighted by Gasteiger charge is 2.38. The minimum absolute atomic E-state index is 0.0229. The maximum Gasteiger partial charge on any atom is 0.234 e. The summed E-state index contributed by atoms with van der Waals surface area (Å²) in [5.74, 6) is 1.21. The number of carbonyl (C=O) groups excluding carboxylic acids is 1. The number of aromatic nitrogens is 2. The molecule has 134 valence electrons. The zero-order valence-electron chi connectivity index (χ0n) is 14.9. The Bertz CT molecular complexity index is 692. The molecule has 0 saturated heterocycles. The fourth-order valence-electron chi connectivity index (χ4n) is 3.50. The Morgan fingerprint density at radius 2 is 1.96 bits per heavy atom. The summed E-state index contributed by atoms with van der Waals surface area (Å²) in [6.45, 7) is 4.03. The van der Waals surface area contributed by atoms with Gasteiger partial charge in [0.15, 0.2) is 5.82 Å². The molecule has 6 nitrogen and oxygen atoms in total. The molecule has 6 heteroatoms. The highest BCUT2D eigenvalue weighted by molar-refractivity contribution is 5.78. The molecule has 1 aromatic heterocycles. The molecule has 0 bridgehead atoms. The van der Waals surface area contributed by atoms with Crippen molar-refractivity contribution < 1.29 is 9.32 Å². The molecule has 0 spiro atoms. The van der Waals surface area contributed by atoms with Crippen LogP contribution < -0.4 is 10.6 Å². The van der Waals surface area contributed by atoms with Gasteiger partial charge in [0.25, 0.3) is 0 Å². The van der Waals surface area contributed by atoms with Crippen LogP contribution in [0.3, 0.4) is 0 Å². The third-order valence-electron chi connectivity index (χ3n) is 4.93. The van der Waals surface area contributed by atoms with Crippen molar-refractivity contribution in [3.8, 4) is 0 Å². The van der Waals surface area contributed by atoms with E-state index in [1.54, 1.807) is 6.92 Å². The summed E-state index contributed by atoms with van der Waals surface area (Å²) in [5, 5.41) is 10.6. The van der Waals surface area contributed by atoms with E-state index in [9.17, 15) is 4.79 Å². The lowest BCUT2D eigenvalue weighted by molar-refractivity contribution is -0.121. The average Bonchev–Trinajstić information content (AvgIpc) is 3.09. The van der Waals surface area contributed by atoms with Crippen LogP contribution in [0.15, 0.2) is 34.9 Å². The first-order chi connectivity index (χ1) is 12.1. The first-order valence-electron chi connectivity index (χ1n) is 8.99. The number of hydrogen-bond donors (Lipinski definition) is 2. The number of carbonyl (C=O) groups is 1. The van der Waals surface area contributed by atoms with Crippen LogP contribution in [0.1, 0.15) is 62.3 Å². The molecule has 0 aliphatic heterocycles. The molecular formula is C19H26N4O2. The summed E-state index contributed by atoms with van der Waals surface area (Å²) in [6.07, 6.45) is 5.25. The largest absolute Gasteiger partial charge is 0.348 e. The topological polar surface area (TPSA) is 80.0 Å². The second-order valence-corrected chi connectivity index (χ2v) is 6.83. The van der Waals surface area contributed by atoms with Gasteiger partial charge in [0.05, 0.1) is 18.1 Å². The number of rotatable bonds is 6. The van der Waals surface area contributed by atoms with E-state index in [0.717, 1.165) is 31.2 Å². The fraction of sp³-hybridized carbons (Fsp3) is 0.526. The van der Waals surface area contributed by atoms with Crippen molar-refractivity contribution in [3.63, 3.8) is 0 Å². The normalized spacial score (nSPS) is 17.8. The van der Waals surface area contributed by atoms with E-state index < -0.39 is 0 Å². The monoisotopic (exact) mass is 342 g/mol. The minimum atomic E-state index is -0.358. The lowest BCUT2D eigenvalue weighted by Gasteiger charge is -2.35. The van der Waals surface area contributed by atoms with Crippen LogP contribution >= 0.6 is 0 Å². The van der Waals surface area contributed by atoms with Crippen molar-refractivity contribution in [3.05, 3.63) is 47.6 Å². The number of hydrogen-bond acceptors (Lipinski definition) is 5. The van der Waals surface area contributed by atoms with Crippen molar-refractivity contribution in [2.75, 3.05) is 6.54 Å². The van der Waals surface area contributed by atoms with Crippen LogP contribution in [0.25, 0.3) is 0 Å². The van der Waals surface area contributed by atoms with Gasteiger partial charge in [-0.2, -0.15) is 4.98 Å². The van der Waals surface area contributed by atoms with Gasteiger partial charge in [-0.25, -0.2) is 0 Å². The second kappa shape index (κ2) is 7.78. The van der Waals surface area contributed by atoms with Crippen LogP contribution in [0, 0.1) is 6.92 Å². The predicted molar refractivity (Wildman–Crippen MR) is 94.8 cm³/mol. The highest BCUT2D eigenvalue weighted by Crippen LogP contribution is 2.35. The molecule has 3 rings (SSSR count). The fourth-order valence-corrected chi connectivity index (χ4v) is 3.50. The van der Waals surface area contributed by atoms with E-state index in [2.05, 4.69) is 20.8 Å². The average molecular weight is 342 g/mol. The van der Waals surface area contributed by atoms with Gasteiger partial charge in [-0.1, -0.05) is 54.8 Å². The van der Waals surface area contributed by atoms with Crippen LogP contribution in [0.2, 0.25) is 0 Å². The SMILES string of the molecule is Cc1nc(C2(NCC(=O)N[C@@H](C)c3ccccc3)CCCCC2)no1. The molecule has 1 aliphatic carbocycles. The maximum atomic E-state index is 12.4. The molecule has 1 fully saturated rings. The molecule has 0 unspecified atom stereocenters. The maximum absolute atomic E-state index is 12.4. The van der Waals surface area contributed by atoms with Crippen LogP contribution in [-0.2, 0) is 10.3 Å². The summed E-state index contributed by atoms with van der Waals surface area (Å²) in [4.78, 5) is 16.8. The number of amides is 1. The van der Waals surface area contributed by atoms with Crippen molar-refractivity contribution in [1.29, 1.82) is 0 Å². The zero-order chi connectivity index (χ0) is 17.7. The lowest BCUT2D eigenvalue weighted by atomic mass is 9.81. The Hall–Kier alpha value is -2.21. The van der Waals surface area contributed by atoms with Crippen LogP contribution in [-0.4, -0.2) is 22.6 Å². The molecule has 1 amide bonds. The van der Waals surface area contributed by atoms with E-state index in [1.165, 1.54) is 6.42 Å². The van der Waals surface area contributed by atoms with Crippen molar-refractivity contribution in [2.45, 2.75) is 57.5 Å². The zero-order valence-corrected chi connectivity index (χ0v) is 14.9. The molecule has 1 atom stereocenters.